The second kappa shape index (κ2) is 16.1. The van der Waals surface area contributed by atoms with Crippen LogP contribution in [0.5, 0.6) is 0 Å². The quantitative estimate of drug-likeness (QED) is 0.169. The normalized spacial score (nSPS) is 29.4. The summed E-state index contributed by atoms with van der Waals surface area (Å²) in [4.78, 5) is 68.1. The predicted molar refractivity (Wildman–Crippen MR) is 210 cm³/mol. The molecule has 4 aliphatic carbocycles. The molecule has 11 nitrogen and oxygen atoms in total. The fourth-order valence-electron chi connectivity index (χ4n) is 10.4. The summed E-state index contributed by atoms with van der Waals surface area (Å²) in [6, 6.07) is 14.6. The Morgan fingerprint density at radius 1 is 0.982 bits per heavy atom. The van der Waals surface area contributed by atoms with Gasteiger partial charge in [-0.3, -0.25) is 29.0 Å². The number of aliphatic hydroxyl groups is 1. The van der Waals surface area contributed by atoms with Gasteiger partial charge in [0.2, 0.25) is 5.91 Å². The molecule has 300 valence electrons. The van der Waals surface area contributed by atoms with Gasteiger partial charge in [0.05, 0.1) is 24.9 Å². The number of nitrogens with one attached hydrogen (secondary N) is 1. The first kappa shape index (κ1) is 40.1. The number of rotatable bonds is 13. The largest absolute Gasteiger partial charge is 0.461 e. The van der Waals surface area contributed by atoms with Crippen LogP contribution in [0, 0.1) is 28.6 Å². The number of pyridine rings is 1. The highest BCUT2D eigenvalue weighted by Gasteiger charge is 2.70. The Morgan fingerprint density at radius 2 is 1.74 bits per heavy atom. The van der Waals surface area contributed by atoms with Gasteiger partial charge in [0, 0.05) is 40.7 Å². The molecule has 0 saturated heterocycles. The molecule has 4 N–H and O–H groups in total. The maximum Gasteiger partial charge on any atom is 0.306 e. The summed E-state index contributed by atoms with van der Waals surface area (Å²) < 4.78 is 28.0. The highest BCUT2D eigenvalue weighted by molar-refractivity contribution is 6.01. The molecule has 0 aliphatic heterocycles. The lowest BCUT2D eigenvalue weighted by molar-refractivity contribution is -0.196. The van der Waals surface area contributed by atoms with Crippen LogP contribution in [0.4, 0.5) is 10.1 Å². The molecule has 1 aromatic heterocycles. The Balaban J connectivity index is 0.865. The monoisotopic (exact) mass is 779 g/mol. The van der Waals surface area contributed by atoms with E-state index in [4.69, 9.17) is 15.2 Å². The number of esters is 2. The second-order valence-electron chi connectivity index (χ2n) is 16.6. The van der Waals surface area contributed by atoms with Crippen LogP contribution < -0.4 is 11.1 Å². The Labute approximate surface area is 331 Å². The molecular formula is C45H50FN3O8. The van der Waals surface area contributed by atoms with Gasteiger partial charge in [-0.2, -0.15) is 0 Å². The number of nitrogens with zero attached hydrogens (tertiary/aromatic N) is 1. The van der Waals surface area contributed by atoms with E-state index in [1.165, 1.54) is 12.2 Å². The summed E-state index contributed by atoms with van der Waals surface area (Å²) in [6.07, 6.45) is 8.79. The van der Waals surface area contributed by atoms with Crippen molar-refractivity contribution >= 4 is 45.9 Å². The van der Waals surface area contributed by atoms with Crippen LogP contribution in [0.1, 0.15) is 82.3 Å². The van der Waals surface area contributed by atoms with E-state index < -0.39 is 58.9 Å². The topological polar surface area (TPSA) is 175 Å². The Kier molecular flexibility index (Phi) is 11.3. The van der Waals surface area contributed by atoms with Gasteiger partial charge >= 0.3 is 11.9 Å². The van der Waals surface area contributed by atoms with Gasteiger partial charge < -0.3 is 25.6 Å². The number of carbonyl (C=O) groups is 5. The van der Waals surface area contributed by atoms with Crippen molar-refractivity contribution < 1.29 is 42.9 Å². The lowest BCUT2D eigenvalue weighted by atomic mass is 9.45. The van der Waals surface area contributed by atoms with E-state index in [0.717, 1.165) is 16.3 Å². The van der Waals surface area contributed by atoms with Crippen molar-refractivity contribution in [2.45, 2.75) is 89.5 Å². The second-order valence-corrected chi connectivity index (χ2v) is 16.6. The number of benzene rings is 2. The van der Waals surface area contributed by atoms with E-state index in [-0.39, 0.29) is 49.3 Å². The van der Waals surface area contributed by atoms with Crippen molar-refractivity contribution in [3.8, 4) is 0 Å². The van der Waals surface area contributed by atoms with Crippen LogP contribution >= 0.6 is 0 Å². The molecule has 1 unspecified atom stereocenters. The Morgan fingerprint density at radius 3 is 2.49 bits per heavy atom. The molecule has 57 heavy (non-hydrogen) atoms. The number of ether oxygens (including phenoxy) is 2. The number of hydrogen-bond donors (Lipinski definition) is 3. The standard InChI is InChI=1S/C45H50FN3O8/c1-43-23-39(52)45(46)36(10-8-31-22-33(50)15-18-44(31,45)2)35(43)11-12-37(43)38(51)26-57-41(54)14-13-40(53)56-25-27-3-5-28(6-4-27)34(16-19-47)42(55)49-32-9-7-30-24-48-20-17-29(30)21-32/h3-7,9,15,17-18,20-22,24,34-37,39,52H,8,10-14,16,19,23,25-26,47H2,1-2H3,(H,49,55)/t34?,35-,36-,37+,39-,43-,44-,45-/m0/s1. The summed E-state index contributed by atoms with van der Waals surface area (Å²) in [7, 11) is 0. The zero-order valence-electron chi connectivity index (χ0n) is 32.4. The molecule has 3 fully saturated rings. The van der Waals surface area contributed by atoms with Crippen molar-refractivity contribution in [3.63, 3.8) is 0 Å². The number of nitrogens with two attached hydrogens (primary N) is 1. The van der Waals surface area contributed by atoms with Gasteiger partial charge in [-0.15, -0.1) is 0 Å². The molecule has 12 heteroatoms. The number of aromatic nitrogens is 1. The fourth-order valence-corrected chi connectivity index (χ4v) is 10.4. The third kappa shape index (κ3) is 7.57. The minimum absolute atomic E-state index is 0.0358. The number of amides is 1. The van der Waals surface area contributed by atoms with Crippen molar-refractivity contribution in [2.24, 2.45) is 34.3 Å². The van der Waals surface area contributed by atoms with Crippen LogP contribution in [0.15, 0.2) is 84.7 Å². The van der Waals surface area contributed by atoms with Crippen LogP contribution in [-0.4, -0.2) is 64.4 Å². The van der Waals surface area contributed by atoms with Crippen LogP contribution in [0.25, 0.3) is 10.8 Å². The van der Waals surface area contributed by atoms with Gasteiger partial charge in [-0.1, -0.05) is 48.9 Å². The third-order valence-corrected chi connectivity index (χ3v) is 13.4. The summed E-state index contributed by atoms with van der Waals surface area (Å²) in [6.45, 7) is 3.51. The molecule has 8 atom stereocenters. The van der Waals surface area contributed by atoms with E-state index in [1.54, 1.807) is 49.7 Å². The Bertz CT molecular complexity index is 2140. The predicted octanol–water partition coefficient (Wildman–Crippen LogP) is 6.23. The number of aliphatic hydroxyl groups excluding tert-OH is 1. The van der Waals surface area contributed by atoms with Crippen molar-refractivity contribution in [1.29, 1.82) is 0 Å². The molecule has 3 saturated carbocycles. The first-order chi connectivity index (χ1) is 27.3. The van der Waals surface area contributed by atoms with Gasteiger partial charge in [-0.25, -0.2) is 4.39 Å². The molecular weight excluding hydrogens is 730 g/mol. The summed E-state index contributed by atoms with van der Waals surface area (Å²) in [5.41, 5.74) is 4.95. The molecule has 3 aromatic rings. The SMILES string of the molecule is C[C@]12C[C@H](O)[C@@]3(F)[C@@H](CCC4=CC(=O)C=C[C@@]43C)[C@@H]1CC[C@@H]2C(=O)COC(=O)CCC(=O)OCc1ccc(C(CCN)C(=O)Nc2ccc3cnccc3c2)cc1. The highest BCUT2D eigenvalue weighted by atomic mass is 19.1. The number of fused-ring (bicyclic) bond motifs is 6. The molecule has 0 radical (unpaired) electrons. The summed E-state index contributed by atoms with van der Waals surface area (Å²) in [5, 5.41) is 16.4. The lowest BCUT2D eigenvalue weighted by Crippen LogP contribution is -2.66. The van der Waals surface area contributed by atoms with Gasteiger partial charge in [-0.05, 0) is 110 Å². The molecule has 4 aliphatic rings. The fraction of sp³-hybridized carbons (Fsp3) is 0.467. The molecule has 2 aromatic carbocycles. The highest BCUT2D eigenvalue weighted by Crippen LogP contribution is 2.69. The van der Waals surface area contributed by atoms with Crippen LogP contribution in [0.3, 0.4) is 0 Å². The molecule has 0 spiro atoms. The van der Waals surface area contributed by atoms with Gasteiger partial charge in [0.25, 0.3) is 0 Å². The van der Waals surface area contributed by atoms with E-state index in [1.807, 2.05) is 31.2 Å². The molecule has 7 rings (SSSR count). The average molecular weight is 780 g/mol. The molecule has 0 bridgehead atoms. The lowest BCUT2D eigenvalue weighted by Gasteiger charge is -2.62. The number of anilines is 1. The number of alkyl halides is 1. The number of allylic oxidation sites excluding steroid dienone is 4. The molecule has 1 amide bonds. The minimum atomic E-state index is -1.97. The van der Waals surface area contributed by atoms with E-state index >= 15 is 4.39 Å². The van der Waals surface area contributed by atoms with Crippen molar-refractivity contribution in [2.75, 3.05) is 18.5 Å². The van der Waals surface area contributed by atoms with E-state index in [2.05, 4.69) is 10.3 Å². The first-order valence-electron chi connectivity index (χ1n) is 19.9. The number of hydrogen-bond acceptors (Lipinski definition) is 10. The number of ketones is 2. The van der Waals surface area contributed by atoms with Crippen LogP contribution in [0.2, 0.25) is 0 Å². The van der Waals surface area contributed by atoms with Crippen molar-refractivity contribution in [3.05, 3.63) is 95.9 Å². The Hall–Kier alpha value is -5.07. The van der Waals surface area contributed by atoms with Gasteiger partial charge in [0.1, 0.15) is 13.2 Å². The van der Waals surface area contributed by atoms with E-state index in [0.29, 0.717) is 55.5 Å². The number of halogens is 1. The summed E-state index contributed by atoms with van der Waals surface area (Å²) in [5.74, 6) is -3.61. The van der Waals surface area contributed by atoms with E-state index in [9.17, 15) is 29.1 Å². The number of Topliss-reactive ketones (excluding diaryl/α,β-unsaturated/α-hetero) is 1. The third-order valence-electron chi connectivity index (χ3n) is 13.4. The minimum Gasteiger partial charge on any atom is -0.461 e. The maximum atomic E-state index is 17.3. The summed E-state index contributed by atoms with van der Waals surface area (Å²) >= 11 is 0. The average Bonchev–Trinajstić information content (AvgIpc) is 3.54. The van der Waals surface area contributed by atoms with Crippen LogP contribution in [-0.2, 0) is 40.1 Å². The molecule has 1 heterocycles. The smallest absolute Gasteiger partial charge is 0.306 e. The zero-order valence-corrected chi connectivity index (χ0v) is 32.4. The van der Waals surface area contributed by atoms with Gasteiger partial charge in [0.15, 0.2) is 17.2 Å². The first-order valence-corrected chi connectivity index (χ1v) is 19.9. The van der Waals surface area contributed by atoms with Crippen molar-refractivity contribution in [1.82, 2.24) is 4.98 Å². The maximum absolute atomic E-state index is 17.3. The zero-order chi connectivity index (χ0) is 40.5. The number of carbonyl (C=O) groups excluding carboxylic acids is 5.